The van der Waals surface area contributed by atoms with Gasteiger partial charge in [-0.25, -0.2) is 4.79 Å². The predicted molar refractivity (Wildman–Crippen MR) is 160 cm³/mol. The summed E-state index contributed by atoms with van der Waals surface area (Å²) in [7, 11) is 0. The second kappa shape index (κ2) is 17.7. The van der Waals surface area contributed by atoms with E-state index in [4.69, 9.17) is 22.9 Å². The minimum atomic E-state index is -1.26. The number of guanidine groups is 1. The molecule has 232 valence electrons. The molecule has 0 saturated carbocycles. The van der Waals surface area contributed by atoms with Crippen LogP contribution < -0.4 is 38.9 Å². The molecule has 0 saturated heterocycles. The molecule has 2 rings (SSSR count). The molecule has 4 atom stereocenters. The maximum absolute atomic E-state index is 13.5. The lowest BCUT2D eigenvalue weighted by molar-refractivity contribution is -0.142. The van der Waals surface area contributed by atoms with Crippen LogP contribution in [-0.2, 0) is 36.8 Å². The second-order valence-corrected chi connectivity index (χ2v) is 9.96. The lowest BCUT2D eigenvalue weighted by Crippen LogP contribution is -2.57. The highest BCUT2D eigenvalue weighted by molar-refractivity contribution is 5.94. The zero-order valence-corrected chi connectivity index (χ0v) is 23.8. The lowest BCUT2D eigenvalue weighted by atomic mass is 10.0. The molecule has 0 aromatic heterocycles. The molecule has 0 spiro atoms. The van der Waals surface area contributed by atoms with Gasteiger partial charge in [0, 0.05) is 25.8 Å². The number of hydrogen-bond acceptors (Lipinski definition) is 7. The Hall–Kier alpha value is -4.98. The number of carbonyl (C=O) groups excluding carboxylic acids is 4. The smallest absolute Gasteiger partial charge is 0.326 e. The van der Waals surface area contributed by atoms with E-state index in [9.17, 15) is 29.1 Å². The first-order valence-electron chi connectivity index (χ1n) is 13.8. The third kappa shape index (κ3) is 13.0. The van der Waals surface area contributed by atoms with Crippen molar-refractivity contribution >= 4 is 35.6 Å². The summed E-state index contributed by atoms with van der Waals surface area (Å²) in [5, 5.41) is 17.5. The van der Waals surface area contributed by atoms with Crippen molar-refractivity contribution in [1.29, 1.82) is 0 Å². The van der Waals surface area contributed by atoms with E-state index in [0.29, 0.717) is 17.5 Å². The number of carboxylic acids is 1. The number of aliphatic carboxylic acids is 1. The van der Waals surface area contributed by atoms with E-state index in [-0.39, 0.29) is 44.6 Å². The van der Waals surface area contributed by atoms with Crippen LogP contribution >= 0.6 is 0 Å². The quantitative estimate of drug-likeness (QED) is 0.0574. The van der Waals surface area contributed by atoms with E-state index >= 15 is 0 Å². The topological polar surface area (TPSA) is 258 Å². The van der Waals surface area contributed by atoms with Gasteiger partial charge in [-0.05, 0) is 30.4 Å². The van der Waals surface area contributed by atoms with Crippen molar-refractivity contribution in [2.24, 2.45) is 27.9 Å². The summed E-state index contributed by atoms with van der Waals surface area (Å²) in [5.74, 6) is -4.12. The maximum Gasteiger partial charge on any atom is 0.326 e. The minimum Gasteiger partial charge on any atom is -0.480 e. The van der Waals surface area contributed by atoms with Crippen LogP contribution in [0.15, 0.2) is 65.7 Å². The van der Waals surface area contributed by atoms with Gasteiger partial charge < -0.3 is 44.0 Å². The zero-order valence-electron chi connectivity index (χ0n) is 23.8. The van der Waals surface area contributed by atoms with Crippen LogP contribution in [0, 0.1) is 0 Å². The third-order valence-electron chi connectivity index (χ3n) is 6.43. The van der Waals surface area contributed by atoms with Crippen molar-refractivity contribution in [2.45, 2.75) is 62.7 Å². The Morgan fingerprint density at radius 3 is 1.70 bits per heavy atom. The monoisotopic (exact) mass is 596 g/mol. The van der Waals surface area contributed by atoms with Crippen molar-refractivity contribution < 1.29 is 29.1 Å². The molecule has 0 heterocycles. The number of carbonyl (C=O) groups is 5. The molecule has 0 bridgehead atoms. The summed E-state index contributed by atoms with van der Waals surface area (Å²) in [6, 6.07) is 12.9. The van der Waals surface area contributed by atoms with Crippen LogP contribution in [-0.4, -0.2) is 71.4 Å². The van der Waals surface area contributed by atoms with Gasteiger partial charge in [-0.1, -0.05) is 60.7 Å². The SMILES string of the molecule is NC(=O)CCC(N)C(=O)NC(CCCN=C(N)N)C(=O)NC(Cc1ccccc1)C(=O)NC(Cc1ccccc1)C(=O)O. The Kier molecular flexibility index (Phi) is 14.1. The van der Waals surface area contributed by atoms with E-state index < -0.39 is 53.8 Å². The highest BCUT2D eigenvalue weighted by atomic mass is 16.4. The molecule has 2 aromatic rings. The number of aliphatic imine (C=N–C) groups is 1. The molecule has 43 heavy (non-hydrogen) atoms. The van der Waals surface area contributed by atoms with E-state index in [2.05, 4.69) is 20.9 Å². The number of primary amides is 1. The van der Waals surface area contributed by atoms with Gasteiger partial charge in [-0.15, -0.1) is 0 Å². The number of nitrogens with zero attached hydrogens (tertiary/aromatic N) is 1. The largest absolute Gasteiger partial charge is 0.480 e. The molecule has 0 fully saturated rings. The normalized spacial score (nSPS) is 13.4. The van der Waals surface area contributed by atoms with Crippen molar-refractivity contribution in [2.75, 3.05) is 6.54 Å². The first kappa shape index (κ1) is 34.2. The Morgan fingerprint density at radius 1 is 0.698 bits per heavy atom. The number of amides is 4. The van der Waals surface area contributed by atoms with Crippen molar-refractivity contribution in [3.63, 3.8) is 0 Å². The average Bonchev–Trinajstić information content (AvgIpc) is 2.97. The summed E-state index contributed by atoms with van der Waals surface area (Å²) in [6.07, 6.45) is 0.301. The summed E-state index contributed by atoms with van der Waals surface area (Å²) in [6.45, 7) is 0.170. The molecule has 4 amide bonds. The van der Waals surface area contributed by atoms with Gasteiger partial charge in [0.05, 0.1) is 6.04 Å². The molecule has 14 heteroatoms. The standard InChI is InChI=1S/C29H40N8O6/c30-20(13-14-24(31)38)25(39)35-21(12-7-15-34-29(32)33)26(40)36-22(16-18-8-3-1-4-9-18)27(41)37-23(28(42)43)17-19-10-5-2-6-11-19/h1-6,8-11,20-23H,7,12-17,30H2,(H2,31,38)(H,35,39)(H,36,40)(H,37,41)(H,42,43)(H4,32,33,34). The first-order valence-corrected chi connectivity index (χ1v) is 13.8. The number of hydrogen-bond donors (Lipinski definition) is 8. The molecule has 0 aliphatic carbocycles. The molecule has 2 aromatic carbocycles. The number of rotatable bonds is 18. The third-order valence-corrected chi connectivity index (χ3v) is 6.43. The van der Waals surface area contributed by atoms with Crippen molar-refractivity contribution in [3.05, 3.63) is 71.8 Å². The van der Waals surface area contributed by atoms with Crippen LogP contribution in [0.5, 0.6) is 0 Å². The molecule has 0 aliphatic rings. The van der Waals surface area contributed by atoms with Crippen LogP contribution in [0.1, 0.15) is 36.8 Å². The van der Waals surface area contributed by atoms with Crippen molar-refractivity contribution in [1.82, 2.24) is 16.0 Å². The zero-order chi connectivity index (χ0) is 31.8. The summed E-state index contributed by atoms with van der Waals surface area (Å²) < 4.78 is 0. The molecule has 0 radical (unpaired) electrons. The van der Waals surface area contributed by atoms with E-state index in [1.54, 1.807) is 60.7 Å². The molecule has 0 aliphatic heterocycles. The Balaban J connectivity index is 2.25. The van der Waals surface area contributed by atoms with Crippen LogP contribution in [0.4, 0.5) is 0 Å². The predicted octanol–water partition coefficient (Wildman–Crippen LogP) is -1.34. The molecular formula is C29H40N8O6. The minimum absolute atomic E-state index is 0.0272. The fourth-order valence-electron chi connectivity index (χ4n) is 4.13. The van der Waals surface area contributed by atoms with Crippen LogP contribution in [0.25, 0.3) is 0 Å². The Morgan fingerprint density at radius 2 is 1.19 bits per heavy atom. The maximum atomic E-state index is 13.5. The number of carboxylic acid groups (broad SMARTS) is 1. The van der Waals surface area contributed by atoms with Gasteiger partial charge in [0.1, 0.15) is 18.1 Å². The summed E-state index contributed by atoms with van der Waals surface area (Å²) in [4.78, 5) is 66.7. The Bertz CT molecular complexity index is 1250. The first-order chi connectivity index (χ1) is 20.5. The fourth-order valence-corrected chi connectivity index (χ4v) is 4.13. The van der Waals surface area contributed by atoms with E-state index in [1.165, 1.54) is 0 Å². The van der Waals surface area contributed by atoms with Gasteiger partial charge in [0.15, 0.2) is 5.96 Å². The molecular weight excluding hydrogens is 556 g/mol. The lowest BCUT2D eigenvalue weighted by Gasteiger charge is -2.25. The average molecular weight is 597 g/mol. The van der Waals surface area contributed by atoms with Crippen molar-refractivity contribution in [3.8, 4) is 0 Å². The van der Waals surface area contributed by atoms with Crippen LogP contribution in [0.2, 0.25) is 0 Å². The Labute approximate surface area is 249 Å². The van der Waals surface area contributed by atoms with Gasteiger partial charge in [-0.3, -0.25) is 24.2 Å². The summed E-state index contributed by atoms with van der Waals surface area (Å²) in [5.41, 5.74) is 23.2. The van der Waals surface area contributed by atoms with Gasteiger partial charge >= 0.3 is 5.97 Å². The highest BCUT2D eigenvalue weighted by Crippen LogP contribution is 2.09. The number of benzene rings is 2. The number of nitrogens with two attached hydrogens (primary N) is 4. The van der Waals surface area contributed by atoms with Gasteiger partial charge in [0.2, 0.25) is 23.6 Å². The van der Waals surface area contributed by atoms with Gasteiger partial charge in [0.25, 0.3) is 0 Å². The second-order valence-electron chi connectivity index (χ2n) is 9.96. The van der Waals surface area contributed by atoms with Gasteiger partial charge in [-0.2, -0.15) is 0 Å². The molecule has 4 unspecified atom stereocenters. The number of nitrogens with one attached hydrogen (secondary N) is 3. The van der Waals surface area contributed by atoms with Crippen LogP contribution in [0.3, 0.4) is 0 Å². The fraction of sp³-hybridized carbons (Fsp3) is 0.379. The molecule has 14 nitrogen and oxygen atoms in total. The highest BCUT2D eigenvalue weighted by Gasteiger charge is 2.30. The van der Waals surface area contributed by atoms with E-state index in [0.717, 1.165) is 0 Å². The van der Waals surface area contributed by atoms with E-state index in [1.807, 2.05) is 0 Å². The summed E-state index contributed by atoms with van der Waals surface area (Å²) >= 11 is 0. The molecule has 12 N–H and O–H groups in total.